The minimum atomic E-state index is 0. The average Bonchev–Trinajstić information content (AvgIpc) is 2.23. The molecule has 0 amide bonds. The number of ether oxygens (including phenoxy) is 1. The molecule has 8 aromatic carbocycles. The summed E-state index contributed by atoms with van der Waals surface area (Å²) in [7, 11) is 0. The summed E-state index contributed by atoms with van der Waals surface area (Å²) in [6, 6.07) is 61.8. The van der Waals surface area contributed by atoms with Crippen molar-refractivity contribution >= 4 is 109 Å². The molecule has 4 aliphatic rings. The van der Waals surface area contributed by atoms with Crippen LogP contribution in [0.3, 0.4) is 0 Å². The molecule has 4 aliphatic heterocycles. The van der Waals surface area contributed by atoms with Crippen LogP contribution in [-0.4, -0.2) is 37.5 Å². The minimum absolute atomic E-state index is 0. The van der Waals surface area contributed by atoms with Gasteiger partial charge in [0, 0.05) is 68.7 Å². The van der Waals surface area contributed by atoms with E-state index in [1.807, 2.05) is 36.7 Å². The van der Waals surface area contributed by atoms with Gasteiger partial charge in [-0.1, -0.05) is 144 Å². The normalized spacial score (nSPS) is 13.6. The first kappa shape index (κ1) is 51.6. The number of para-hydroxylation sites is 4. The van der Waals surface area contributed by atoms with E-state index in [0.29, 0.717) is 11.5 Å². The summed E-state index contributed by atoms with van der Waals surface area (Å²) in [5, 5.41) is 14.1. The number of aryl methyl sites for hydroxylation is 10. The maximum absolute atomic E-state index is 6.42. The van der Waals surface area contributed by atoms with E-state index in [0.717, 1.165) is 119 Å². The van der Waals surface area contributed by atoms with Gasteiger partial charge >= 0.3 is 42.1 Å². The molecule has 11 heteroatoms. The molecule has 0 unspecified atom stereocenters. The van der Waals surface area contributed by atoms with E-state index in [1.54, 1.807) is 0 Å². The predicted molar refractivity (Wildman–Crippen MR) is 327 cm³/mol. The van der Waals surface area contributed by atoms with Crippen LogP contribution in [0.15, 0.2) is 146 Å². The number of nitrogens with zero attached hydrogens (tertiary/aromatic N) is 8. The monoisotopic (exact) mass is 1430 g/mol. The summed E-state index contributed by atoms with van der Waals surface area (Å²) in [5.41, 5.74) is 22.4. The zero-order chi connectivity index (χ0) is 51.2. The van der Waals surface area contributed by atoms with Crippen LogP contribution in [0.1, 0.15) is 71.3 Å². The van der Waals surface area contributed by atoms with Crippen molar-refractivity contribution in [2.75, 3.05) is 0 Å². The molecule has 0 spiro atoms. The fourth-order valence-corrected chi connectivity index (χ4v) is 14.8. The Morgan fingerprint density at radius 1 is 0.373 bits per heavy atom. The van der Waals surface area contributed by atoms with Crippen LogP contribution in [0.25, 0.3) is 109 Å². The molecule has 0 saturated carbocycles. The van der Waals surface area contributed by atoms with E-state index in [-0.39, 0.29) is 57.0 Å². The van der Waals surface area contributed by atoms with Gasteiger partial charge in [0.15, 0.2) is 0 Å². The van der Waals surface area contributed by atoms with E-state index in [4.69, 9.17) is 24.7 Å². The largest absolute Gasteiger partial charge is 2.00 e. The van der Waals surface area contributed by atoms with Crippen molar-refractivity contribution in [1.29, 1.82) is 0 Å². The quantitative estimate of drug-likeness (QED) is 0.127. The van der Waals surface area contributed by atoms with Crippen LogP contribution < -0.4 is 4.74 Å². The van der Waals surface area contributed by atoms with Gasteiger partial charge in [0.25, 0.3) is 0 Å². The van der Waals surface area contributed by atoms with Gasteiger partial charge < -0.3 is 22.3 Å². The number of rotatable bonds is 5. The van der Waals surface area contributed by atoms with Gasteiger partial charge in [0.05, 0.1) is 34.0 Å². The Balaban J connectivity index is 0.000000135. The third-order valence-corrected chi connectivity index (χ3v) is 18.1. The maximum Gasteiger partial charge on any atom is 2.00 e. The number of hydrogen-bond donors (Lipinski definition) is 0. The first-order valence-corrected chi connectivity index (χ1v) is 27.8. The summed E-state index contributed by atoms with van der Waals surface area (Å²) in [5.74, 6) is 1.31. The second-order valence-electron chi connectivity index (χ2n) is 22.1. The van der Waals surface area contributed by atoms with Crippen molar-refractivity contribution in [3.05, 3.63) is 227 Å². The van der Waals surface area contributed by atoms with Crippen molar-refractivity contribution in [3.8, 4) is 11.5 Å². The number of imidazole rings is 4. The Morgan fingerprint density at radius 3 is 1.17 bits per heavy atom. The SMILES string of the molecule is C.C.[Pt+2].[Pt+2].[c-]1c(Oc2[c-]c3c(cc2)c2cccc4c2n2c(cnc32)CC4)ccc2c1c1ncc3n1c1c(cccc21)CC3.[c-]1cccc2c1c1nc(CCc3nc4c5[c-]cccc5c5cccc6c5n4c3CC6)c3n1c1c(cccc21)CC3. The van der Waals surface area contributed by atoms with E-state index in [2.05, 4.69) is 151 Å². The van der Waals surface area contributed by atoms with Gasteiger partial charge in [0.2, 0.25) is 0 Å². The van der Waals surface area contributed by atoms with Gasteiger partial charge in [-0.25, -0.2) is 0 Å². The molecule has 0 aliphatic carbocycles. The van der Waals surface area contributed by atoms with Crippen LogP contribution in [0.2, 0.25) is 0 Å². The molecule has 406 valence electrons. The Morgan fingerprint density at radius 2 is 0.747 bits per heavy atom. The molecule has 83 heavy (non-hydrogen) atoms. The van der Waals surface area contributed by atoms with Gasteiger partial charge in [0.1, 0.15) is 0 Å². The van der Waals surface area contributed by atoms with E-state index >= 15 is 0 Å². The van der Waals surface area contributed by atoms with Gasteiger partial charge in [-0.15, -0.1) is 71.4 Å². The molecule has 0 fully saturated rings. The van der Waals surface area contributed by atoms with Crippen molar-refractivity contribution in [2.45, 2.75) is 79.1 Å². The smallest absolute Gasteiger partial charge is 0.497 e. The molecule has 8 aromatic heterocycles. The van der Waals surface area contributed by atoms with Gasteiger partial charge in [-0.2, -0.15) is 0 Å². The zero-order valence-electron chi connectivity index (χ0n) is 43.5. The number of hydrogen-bond acceptors (Lipinski definition) is 5. The second kappa shape index (κ2) is 19.2. The van der Waals surface area contributed by atoms with E-state index < -0.39 is 0 Å². The predicted octanol–water partition coefficient (Wildman–Crippen LogP) is 15.6. The van der Waals surface area contributed by atoms with Crippen molar-refractivity contribution < 1.29 is 46.9 Å². The summed E-state index contributed by atoms with van der Waals surface area (Å²) in [6.45, 7) is 0. The van der Waals surface area contributed by atoms with Crippen LogP contribution >= 0.6 is 0 Å². The fraction of sp³-hybridized carbons (Fsp3) is 0.167. The van der Waals surface area contributed by atoms with Crippen LogP contribution in [0.4, 0.5) is 0 Å². The molecular weight excluding hydrogens is 1380 g/mol. The molecule has 12 heterocycles. The summed E-state index contributed by atoms with van der Waals surface area (Å²) < 4.78 is 15.9. The Labute approximate surface area is 507 Å². The van der Waals surface area contributed by atoms with Crippen molar-refractivity contribution in [1.82, 2.24) is 37.5 Å². The molecule has 16 aromatic rings. The molecule has 0 atom stereocenters. The fourth-order valence-electron chi connectivity index (χ4n) is 14.8. The average molecular weight is 1440 g/mol. The Bertz CT molecular complexity index is 5120. The third-order valence-electron chi connectivity index (χ3n) is 18.1. The molecular formula is C72H52N8OPt2. The van der Waals surface area contributed by atoms with Gasteiger partial charge in [-0.3, -0.25) is 19.9 Å². The molecule has 9 nitrogen and oxygen atoms in total. The van der Waals surface area contributed by atoms with Crippen LogP contribution in [-0.2, 0) is 106 Å². The van der Waals surface area contributed by atoms with Crippen LogP contribution in [0, 0.1) is 24.3 Å². The number of fused-ring (bicyclic) bond motifs is 12. The van der Waals surface area contributed by atoms with E-state index in [1.165, 1.54) is 111 Å². The maximum atomic E-state index is 6.42. The third kappa shape index (κ3) is 7.14. The molecule has 0 radical (unpaired) electrons. The molecule has 20 rings (SSSR count). The van der Waals surface area contributed by atoms with Gasteiger partial charge in [-0.05, 0) is 108 Å². The standard InChI is InChI=1S/C36H24N4.C34H20N4O.2CH4.2Pt/c1-3-11-27-23(9-1)25-13-5-7-21-15-19-31-29(37-35(27)39(31)33(21)25)17-18-30-32-20-16-22-8-6-14-26-24-10-2-4-12-28(24)36(38-30)40(32)34(22)26;1-3-19-7-9-21-17-35-33-29-15-23(11-13-25(29)27(5-1)31(19)37(21)33)39-24-12-14-26-28-6-2-4-20-8-10-22-18-36-34(30(26)16-24)38(22)32(20)28;;;;/h1-10,13-14H,15-20H2;1-6,11-14,17-18H,7-10H2;2*1H4;;/q2*-2;;;2*+2. The summed E-state index contributed by atoms with van der Waals surface area (Å²) >= 11 is 0. The molecule has 0 bridgehead atoms. The number of benzene rings is 8. The van der Waals surface area contributed by atoms with Crippen molar-refractivity contribution in [2.24, 2.45) is 0 Å². The van der Waals surface area contributed by atoms with E-state index in [9.17, 15) is 0 Å². The Hall–Kier alpha value is -8.22. The number of aromatic nitrogens is 8. The summed E-state index contributed by atoms with van der Waals surface area (Å²) in [4.78, 5) is 20.3. The first-order valence-electron chi connectivity index (χ1n) is 27.8. The molecule has 0 N–H and O–H groups in total. The van der Waals surface area contributed by atoms with Crippen molar-refractivity contribution in [3.63, 3.8) is 0 Å². The van der Waals surface area contributed by atoms with Crippen LogP contribution in [0.5, 0.6) is 11.5 Å². The summed E-state index contributed by atoms with van der Waals surface area (Å²) in [6.07, 6.45) is 14.1. The Kier molecular flexibility index (Phi) is 11.9. The minimum Gasteiger partial charge on any atom is -0.497 e. The topological polar surface area (TPSA) is 78.4 Å². The first-order chi connectivity index (χ1) is 39.2. The zero-order valence-corrected chi connectivity index (χ0v) is 48.1. The molecule has 0 saturated heterocycles. The number of pyridine rings is 4. The second-order valence-corrected chi connectivity index (χ2v) is 22.1.